The molecule has 1 saturated carbocycles. The highest BCUT2D eigenvalue weighted by molar-refractivity contribution is 5.02. The Hall–Kier alpha value is -0.160. The van der Waals surface area contributed by atoms with Gasteiger partial charge in [-0.3, -0.25) is 9.80 Å². The summed E-state index contributed by atoms with van der Waals surface area (Å²) in [5, 5.41) is 0. The van der Waals surface area contributed by atoms with E-state index in [-0.39, 0.29) is 0 Å². The summed E-state index contributed by atoms with van der Waals surface area (Å²) in [6.45, 7) is 16.6. The second-order valence-corrected chi connectivity index (χ2v) is 10.3. The lowest BCUT2D eigenvalue weighted by Gasteiger charge is -2.56. The summed E-state index contributed by atoms with van der Waals surface area (Å²) in [7, 11) is 2.27. The first kappa shape index (κ1) is 19.2. The van der Waals surface area contributed by atoms with E-state index in [9.17, 15) is 0 Å². The molecule has 3 aliphatic heterocycles. The van der Waals surface area contributed by atoms with Crippen LogP contribution in [0.2, 0.25) is 0 Å². The number of piperidine rings is 2. The van der Waals surface area contributed by atoms with E-state index >= 15 is 0 Å². The molecule has 26 heavy (non-hydrogen) atoms. The monoisotopic (exact) mass is 362 g/mol. The van der Waals surface area contributed by atoms with Gasteiger partial charge in [-0.2, -0.15) is 0 Å². The second kappa shape index (κ2) is 8.06. The Kier molecular flexibility index (Phi) is 5.95. The van der Waals surface area contributed by atoms with Gasteiger partial charge in [-0.25, -0.2) is 0 Å². The number of hydrogen-bond acceptors (Lipinski definition) is 4. The fraction of sp³-hybridized carbons (Fsp3) is 1.00. The highest BCUT2D eigenvalue weighted by Gasteiger charge is 2.48. The van der Waals surface area contributed by atoms with Gasteiger partial charge in [-0.1, -0.05) is 0 Å². The van der Waals surface area contributed by atoms with Crippen LogP contribution in [0.15, 0.2) is 0 Å². The van der Waals surface area contributed by atoms with Crippen molar-refractivity contribution in [3.05, 3.63) is 0 Å². The Morgan fingerprint density at radius 2 is 1.46 bits per heavy atom. The van der Waals surface area contributed by atoms with E-state index < -0.39 is 0 Å². The molecule has 1 spiro atoms. The molecule has 1 aliphatic carbocycles. The molecule has 0 bridgehead atoms. The third-order valence-corrected chi connectivity index (χ3v) is 8.20. The van der Waals surface area contributed by atoms with Crippen LogP contribution in [0.25, 0.3) is 0 Å². The largest absolute Gasteiger partial charge is 0.306 e. The minimum absolute atomic E-state index is 0.721. The summed E-state index contributed by atoms with van der Waals surface area (Å²) >= 11 is 0. The molecule has 3 saturated heterocycles. The lowest BCUT2D eigenvalue weighted by atomic mass is 9.60. The molecular formula is C22H42N4. The van der Waals surface area contributed by atoms with Crippen LogP contribution >= 0.6 is 0 Å². The number of nitrogens with zero attached hydrogens (tertiary/aromatic N) is 4. The summed E-state index contributed by atoms with van der Waals surface area (Å²) in [5.41, 5.74) is 0.725. The Balaban J connectivity index is 1.16. The van der Waals surface area contributed by atoms with Crippen molar-refractivity contribution in [2.45, 2.75) is 64.5 Å². The highest BCUT2D eigenvalue weighted by Crippen LogP contribution is 2.51. The zero-order valence-electron chi connectivity index (χ0n) is 17.6. The molecule has 3 heterocycles. The van der Waals surface area contributed by atoms with Crippen molar-refractivity contribution in [3.63, 3.8) is 0 Å². The summed E-state index contributed by atoms with van der Waals surface area (Å²) in [5.74, 6) is 0.964. The van der Waals surface area contributed by atoms with Gasteiger partial charge in [0.2, 0.25) is 0 Å². The molecule has 0 radical (unpaired) electrons. The van der Waals surface area contributed by atoms with Gasteiger partial charge in [0.15, 0.2) is 0 Å². The predicted octanol–water partition coefficient (Wildman–Crippen LogP) is 2.60. The van der Waals surface area contributed by atoms with E-state index in [4.69, 9.17) is 0 Å². The molecule has 0 aromatic heterocycles. The van der Waals surface area contributed by atoms with Crippen molar-refractivity contribution in [1.82, 2.24) is 19.6 Å². The first-order valence-corrected chi connectivity index (χ1v) is 11.4. The second-order valence-electron chi connectivity index (χ2n) is 10.3. The van der Waals surface area contributed by atoms with Crippen molar-refractivity contribution in [3.8, 4) is 0 Å². The Morgan fingerprint density at radius 3 is 2.04 bits per heavy atom. The minimum atomic E-state index is 0.721. The van der Waals surface area contributed by atoms with E-state index in [0.29, 0.717) is 0 Å². The van der Waals surface area contributed by atoms with Crippen molar-refractivity contribution < 1.29 is 0 Å². The average molecular weight is 363 g/mol. The normalized spacial score (nSPS) is 30.9. The molecule has 4 aliphatic rings. The predicted molar refractivity (Wildman–Crippen MR) is 110 cm³/mol. The number of piperazine rings is 1. The van der Waals surface area contributed by atoms with Crippen LogP contribution in [0, 0.1) is 11.3 Å². The molecule has 150 valence electrons. The van der Waals surface area contributed by atoms with Crippen LogP contribution in [0.3, 0.4) is 0 Å². The highest BCUT2D eigenvalue weighted by atomic mass is 15.3. The van der Waals surface area contributed by atoms with Gasteiger partial charge in [0, 0.05) is 44.8 Å². The van der Waals surface area contributed by atoms with Crippen LogP contribution in [-0.2, 0) is 0 Å². The first-order chi connectivity index (χ1) is 12.5. The summed E-state index contributed by atoms with van der Waals surface area (Å²) in [6.07, 6.45) is 8.78. The summed E-state index contributed by atoms with van der Waals surface area (Å²) in [6, 6.07) is 1.63. The zero-order valence-corrected chi connectivity index (χ0v) is 17.6. The number of likely N-dealkylation sites (tertiary alicyclic amines) is 2. The maximum absolute atomic E-state index is 2.81. The molecule has 0 amide bonds. The molecule has 4 rings (SSSR count). The molecular weight excluding hydrogens is 320 g/mol. The lowest BCUT2D eigenvalue weighted by molar-refractivity contribution is -0.0597. The molecule has 4 heteroatoms. The van der Waals surface area contributed by atoms with Gasteiger partial charge in [0.25, 0.3) is 0 Å². The van der Waals surface area contributed by atoms with Gasteiger partial charge in [0.05, 0.1) is 0 Å². The zero-order chi connectivity index (χ0) is 18.1. The van der Waals surface area contributed by atoms with Crippen LogP contribution < -0.4 is 0 Å². The molecule has 0 aromatic rings. The summed E-state index contributed by atoms with van der Waals surface area (Å²) in [4.78, 5) is 10.8. The van der Waals surface area contributed by atoms with Crippen LogP contribution in [-0.4, -0.2) is 97.6 Å². The van der Waals surface area contributed by atoms with Gasteiger partial charge in [-0.15, -0.1) is 0 Å². The van der Waals surface area contributed by atoms with E-state index in [1.165, 1.54) is 97.4 Å². The maximum Gasteiger partial charge on any atom is 0.0113 e. The van der Waals surface area contributed by atoms with Crippen LogP contribution in [0.4, 0.5) is 0 Å². The fourth-order valence-corrected chi connectivity index (χ4v) is 6.04. The Labute approximate surface area is 161 Å². The standard InChI is InChI=1S/C22H42N4/c1-19(2)25-12-14-26(15-13-25)21-16-22(17-21)6-10-24(11-7-22)18-20-4-8-23(3)9-5-20/h19-21H,4-18H2,1-3H3. The van der Waals surface area contributed by atoms with Crippen molar-refractivity contribution in [2.24, 2.45) is 11.3 Å². The SMILES string of the molecule is CC(C)N1CCN(C2CC3(CCN(CC4CCN(C)CC4)CC3)C2)CC1. The van der Waals surface area contributed by atoms with E-state index in [1.54, 1.807) is 0 Å². The quantitative estimate of drug-likeness (QED) is 0.762. The van der Waals surface area contributed by atoms with Crippen LogP contribution in [0.1, 0.15) is 52.4 Å². The van der Waals surface area contributed by atoms with Crippen molar-refractivity contribution in [1.29, 1.82) is 0 Å². The molecule has 4 nitrogen and oxygen atoms in total. The Morgan fingerprint density at radius 1 is 0.846 bits per heavy atom. The van der Waals surface area contributed by atoms with Gasteiger partial charge < -0.3 is 9.80 Å². The minimum Gasteiger partial charge on any atom is -0.306 e. The number of hydrogen-bond donors (Lipinski definition) is 0. The maximum atomic E-state index is 2.81. The van der Waals surface area contributed by atoms with Crippen molar-refractivity contribution in [2.75, 3.05) is 66.0 Å². The van der Waals surface area contributed by atoms with E-state index in [0.717, 1.165) is 23.4 Å². The van der Waals surface area contributed by atoms with E-state index in [1.807, 2.05) is 0 Å². The third-order valence-electron chi connectivity index (χ3n) is 8.20. The molecule has 0 atom stereocenters. The van der Waals surface area contributed by atoms with Gasteiger partial charge >= 0.3 is 0 Å². The van der Waals surface area contributed by atoms with Gasteiger partial charge in [-0.05, 0) is 96.9 Å². The third kappa shape index (κ3) is 4.29. The molecule has 4 fully saturated rings. The summed E-state index contributed by atoms with van der Waals surface area (Å²) < 4.78 is 0. The fourth-order valence-electron chi connectivity index (χ4n) is 6.04. The topological polar surface area (TPSA) is 13.0 Å². The van der Waals surface area contributed by atoms with E-state index in [2.05, 4.69) is 40.5 Å². The molecule has 0 unspecified atom stereocenters. The molecule has 0 aromatic carbocycles. The first-order valence-electron chi connectivity index (χ1n) is 11.4. The molecule has 0 N–H and O–H groups in total. The number of rotatable bonds is 4. The average Bonchev–Trinajstić information content (AvgIpc) is 2.63. The Bertz CT molecular complexity index is 433. The lowest BCUT2D eigenvalue weighted by Crippen LogP contribution is -2.59. The van der Waals surface area contributed by atoms with Gasteiger partial charge in [0.1, 0.15) is 0 Å². The smallest absolute Gasteiger partial charge is 0.0113 e. The van der Waals surface area contributed by atoms with Crippen molar-refractivity contribution >= 4 is 0 Å². The van der Waals surface area contributed by atoms with Crippen LogP contribution in [0.5, 0.6) is 0 Å².